The topological polar surface area (TPSA) is 20.2 Å². The number of hydrogen-bond donors (Lipinski definition) is 1. The third-order valence-corrected chi connectivity index (χ3v) is 3.85. The second-order valence-electron chi connectivity index (χ2n) is 6.65. The Morgan fingerprint density at radius 3 is 1.96 bits per heavy atom. The molecule has 0 aromatic heterocycles. The van der Waals surface area contributed by atoms with E-state index in [0.29, 0.717) is 5.56 Å². The summed E-state index contributed by atoms with van der Waals surface area (Å²) in [5.74, 6) is 5.49. The molecule has 0 aliphatic heterocycles. The van der Waals surface area contributed by atoms with Crippen molar-refractivity contribution in [1.82, 2.24) is 0 Å². The fourth-order valence-electron chi connectivity index (χ4n) is 2.31. The summed E-state index contributed by atoms with van der Waals surface area (Å²) in [7, 11) is 0. The zero-order valence-corrected chi connectivity index (χ0v) is 13.8. The fourth-order valence-corrected chi connectivity index (χ4v) is 2.31. The quantitative estimate of drug-likeness (QED) is 0.729. The lowest BCUT2D eigenvalue weighted by Crippen LogP contribution is -2.38. The molecule has 1 N–H and O–H groups in total. The largest absolute Gasteiger partial charge is 0.416 e. The van der Waals surface area contributed by atoms with Gasteiger partial charge in [-0.1, -0.05) is 69.0 Å². The molecule has 2 rings (SSSR count). The minimum atomic E-state index is -4.42. The number of alkyl halides is 3. The van der Waals surface area contributed by atoms with Gasteiger partial charge in [-0.25, -0.2) is 0 Å². The Balaban J connectivity index is 2.49. The summed E-state index contributed by atoms with van der Waals surface area (Å²) in [6.07, 6.45) is -4.42. The monoisotopic (exact) mass is 332 g/mol. The van der Waals surface area contributed by atoms with Crippen molar-refractivity contribution >= 4 is 0 Å². The maximum atomic E-state index is 12.8. The van der Waals surface area contributed by atoms with Gasteiger partial charge in [-0.15, -0.1) is 0 Å². The Morgan fingerprint density at radius 2 is 1.42 bits per heavy atom. The Labute approximate surface area is 140 Å². The van der Waals surface area contributed by atoms with E-state index in [1.807, 2.05) is 26.8 Å². The highest BCUT2D eigenvalue weighted by Gasteiger charge is 2.40. The van der Waals surface area contributed by atoms with E-state index < -0.39 is 22.8 Å². The van der Waals surface area contributed by atoms with Crippen LogP contribution in [0.5, 0.6) is 0 Å². The first-order valence-corrected chi connectivity index (χ1v) is 7.52. The Bertz CT molecular complexity index is 761. The smallest absolute Gasteiger partial charge is 0.373 e. The van der Waals surface area contributed by atoms with E-state index in [2.05, 4.69) is 11.8 Å². The predicted molar refractivity (Wildman–Crippen MR) is 88.1 cm³/mol. The summed E-state index contributed by atoms with van der Waals surface area (Å²) >= 11 is 0. The molecular weight excluding hydrogens is 313 g/mol. The van der Waals surface area contributed by atoms with Gasteiger partial charge >= 0.3 is 6.18 Å². The first kappa shape index (κ1) is 18.1. The van der Waals surface area contributed by atoms with Crippen LogP contribution < -0.4 is 0 Å². The zero-order valence-electron chi connectivity index (χ0n) is 13.8. The Kier molecular flexibility index (Phi) is 4.77. The van der Waals surface area contributed by atoms with E-state index in [1.165, 1.54) is 12.1 Å². The molecule has 126 valence electrons. The molecule has 0 saturated heterocycles. The number of halogens is 3. The van der Waals surface area contributed by atoms with Crippen LogP contribution in [0.2, 0.25) is 0 Å². The molecule has 0 amide bonds. The van der Waals surface area contributed by atoms with Gasteiger partial charge in [-0.3, -0.25) is 0 Å². The highest BCUT2D eigenvalue weighted by molar-refractivity contribution is 5.43. The molecule has 0 heterocycles. The van der Waals surface area contributed by atoms with Crippen LogP contribution in [0.3, 0.4) is 0 Å². The van der Waals surface area contributed by atoms with Crippen molar-refractivity contribution in [3.8, 4) is 11.8 Å². The van der Waals surface area contributed by atoms with Gasteiger partial charge in [-0.2, -0.15) is 13.2 Å². The van der Waals surface area contributed by atoms with Crippen molar-refractivity contribution in [3.63, 3.8) is 0 Å². The molecule has 0 fully saturated rings. The van der Waals surface area contributed by atoms with E-state index in [0.717, 1.165) is 12.1 Å². The van der Waals surface area contributed by atoms with Gasteiger partial charge in [0.05, 0.1) is 5.56 Å². The van der Waals surface area contributed by atoms with Crippen molar-refractivity contribution in [2.45, 2.75) is 32.5 Å². The molecule has 0 aliphatic carbocycles. The minimum absolute atomic E-state index is 0.212. The SMILES string of the molecule is CC(C)(C)C(O)(C#Cc1cccc(C(F)(F)F)c1)c1ccccc1. The molecule has 4 heteroatoms. The summed E-state index contributed by atoms with van der Waals surface area (Å²) in [4.78, 5) is 0. The van der Waals surface area contributed by atoms with Gasteiger partial charge in [0, 0.05) is 11.0 Å². The van der Waals surface area contributed by atoms with Gasteiger partial charge < -0.3 is 5.11 Å². The first-order chi connectivity index (χ1) is 11.0. The molecule has 0 bridgehead atoms. The maximum Gasteiger partial charge on any atom is 0.416 e. The van der Waals surface area contributed by atoms with Crippen LogP contribution in [0.1, 0.15) is 37.5 Å². The molecule has 1 atom stereocenters. The number of benzene rings is 2. The number of rotatable bonds is 1. The summed E-state index contributed by atoms with van der Waals surface area (Å²) < 4.78 is 38.4. The first-order valence-electron chi connectivity index (χ1n) is 7.52. The van der Waals surface area contributed by atoms with Crippen molar-refractivity contribution in [1.29, 1.82) is 0 Å². The standard InChI is InChI=1S/C20H19F3O/c1-18(2,3)19(24,16-9-5-4-6-10-16)13-12-15-8-7-11-17(14-15)20(21,22)23/h4-11,14,24H,1-3H3. The van der Waals surface area contributed by atoms with Crippen LogP contribution in [0.15, 0.2) is 54.6 Å². The van der Waals surface area contributed by atoms with Crippen LogP contribution >= 0.6 is 0 Å². The summed E-state index contributed by atoms with van der Waals surface area (Å²) in [5, 5.41) is 11.1. The third kappa shape index (κ3) is 3.80. The van der Waals surface area contributed by atoms with Crippen LogP contribution in [-0.2, 0) is 11.8 Å². The predicted octanol–water partition coefficient (Wildman–Crippen LogP) is 4.99. The van der Waals surface area contributed by atoms with E-state index in [9.17, 15) is 18.3 Å². The van der Waals surface area contributed by atoms with Crippen LogP contribution in [0.25, 0.3) is 0 Å². The average Bonchev–Trinajstić information content (AvgIpc) is 2.52. The summed E-state index contributed by atoms with van der Waals surface area (Å²) in [6, 6.07) is 13.7. The van der Waals surface area contributed by atoms with E-state index in [1.54, 1.807) is 24.3 Å². The van der Waals surface area contributed by atoms with Gasteiger partial charge in [0.15, 0.2) is 5.60 Å². The molecule has 0 spiro atoms. The number of aliphatic hydroxyl groups is 1. The molecule has 0 saturated carbocycles. The molecule has 1 unspecified atom stereocenters. The lowest BCUT2D eigenvalue weighted by Gasteiger charge is -2.36. The van der Waals surface area contributed by atoms with E-state index >= 15 is 0 Å². The summed E-state index contributed by atoms with van der Waals surface area (Å²) in [5.41, 5.74) is -2.04. The van der Waals surface area contributed by atoms with Crippen LogP contribution in [0, 0.1) is 17.3 Å². The molecule has 2 aromatic carbocycles. The van der Waals surface area contributed by atoms with Crippen molar-refractivity contribution in [2.24, 2.45) is 5.41 Å². The lowest BCUT2D eigenvalue weighted by atomic mass is 9.72. The minimum Gasteiger partial charge on any atom is -0.373 e. The highest BCUT2D eigenvalue weighted by atomic mass is 19.4. The van der Waals surface area contributed by atoms with Crippen LogP contribution in [0.4, 0.5) is 13.2 Å². The Morgan fingerprint density at radius 1 is 0.833 bits per heavy atom. The molecule has 2 aromatic rings. The second kappa shape index (κ2) is 6.33. The van der Waals surface area contributed by atoms with E-state index in [-0.39, 0.29) is 5.56 Å². The molecule has 0 radical (unpaired) electrons. The van der Waals surface area contributed by atoms with Crippen LogP contribution in [-0.4, -0.2) is 5.11 Å². The van der Waals surface area contributed by atoms with Gasteiger partial charge in [0.1, 0.15) is 0 Å². The highest BCUT2D eigenvalue weighted by Crippen LogP contribution is 2.39. The van der Waals surface area contributed by atoms with Crippen molar-refractivity contribution in [2.75, 3.05) is 0 Å². The van der Waals surface area contributed by atoms with Crippen molar-refractivity contribution < 1.29 is 18.3 Å². The Hall–Kier alpha value is -2.25. The zero-order chi connectivity index (χ0) is 18.0. The maximum absolute atomic E-state index is 12.8. The van der Waals surface area contributed by atoms with Crippen molar-refractivity contribution in [3.05, 3.63) is 71.3 Å². The number of hydrogen-bond acceptors (Lipinski definition) is 1. The lowest BCUT2D eigenvalue weighted by molar-refractivity contribution is -0.137. The molecule has 0 aliphatic rings. The van der Waals surface area contributed by atoms with Gasteiger partial charge in [0.25, 0.3) is 0 Å². The molecular formula is C20H19F3O. The van der Waals surface area contributed by atoms with E-state index in [4.69, 9.17) is 0 Å². The average molecular weight is 332 g/mol. The summed E-state index contributed by atoms with van der Waals surface area (Å²) in [6.45, 7) is 5.50. The third-order valence-electron chi connectivity index (χ3n) is 3.85. The van der Waals surface area contributed by atoms with Gasteiger partial charge in [-0.05, 0) is 23.8 Å². The normalized spacial score (nSPS) is 14.5. The van der Waals surface area contributed by atoms with Gasteiger partial charge in [0.2, 0.25) is 0 Å². The fraction of sp³-hybridized carbons (Fsp3) is 0.300. The molecule has 1 nitrogen and oxygen atoms in total. The second-order valence-corrected chi connectivity index (χ2v) is 6.65. The molecule has 24 heavy (non-hydrogen) atoms.